The number of carbonyl (C=O) groups excluding carboxylic acids is 1. The van der Waals surface area contributed by atoms with E-state index >= 15 is 0 Å². The first kappa shape index (κ1) is 11.6. The summed E-state index contributed by atoms with van der Waals surface area (Å²) in [6, 6.07) is 14.6. The topological polar surface area (TPSA) is 29.1 Å². The van der Waals surface area contributed by atoms with Gasteiger partial charge in [-0.1, -0.05) is 49.4 Å². The van der Waals surface area contributed by atoms with Crippen molar-refractivity contribution < 1.29 is 4.79 Å². The van der Waals surface area contributed by atoms with Gasteiger partial charge in [-0.25, -0.2) is 0 Å². The molecular weight excluding hydrogens is 210 g/mol. The maximum absolute atomic E-state index is 11.5. The predicted octanol–water partition coefficient (Wildman–Crippen LogP) is 2.76. The van der Waals surface area contributed by atoms with Gasteiger partial charge in [0, 0.05) is 13.0 Å². The second-order valence-electron chi connectivity index (χ2n) is 4.40. The summed E-state index contributed by atoms with van der Waals surface area (Å²) in [5.74, 6) is 0.110. The Morgan fingerprint density at radius 1 is 1.18 bits per heavy atom. The number of benzene rings is 2. The molecule has 0 spiro atoms. The molecule has 0 fully saturated rings. The standard InChI is InChI=1S/C15H17NO/c1-11(15(17)16-2)9-12-7-8-13-5-3-4-6-14(13)10-12/h3-8,10-11H,9H2,1-2H3,(H,16,17). The summed E-state index contributed by atoms with van der Waals surface area (Å²) in [5, 5.41) is 5.15. The summed E-state index contributed by atoms with van der Waals surface area (Å²) < 4.78 is 0. The lowest BCUT2D eigenvalue weighted by atomic mass is 9.98. The van der Waals surface area contributed by atoms with Crippen molar-refractivity contribution in [1.29, 1.82) is 0 Å². The molecule has 1 atom stereocenters. The van der Waals surface area contributed by atoms with Crippen molar-refractivity contribution in [3.05, 3.63) is 48.0 Å². The highest BCUT2D eigenvalue weighted by atomic mass is 16.1. The van der Waals surface area contributed by atoms with Crippen LogP contribution in [-0.4, -0.2) is 13.0 Å². The Balaban J connectivity index is 2.22. The van der Waals surface area contributed by atoms with Gasteiger partial charge in [0.15, 0.2) is 0 Å². The highest BCUT2D eigenvalue weighted by Gasteiger charge is 2.11. The molecule has 1 amide bonds. The maximum atomic E-state index is 11.5. The fourth-order valence-corrected chi connectivity index (χ4v) is 2.06. The molecule has 88 valence electrons. The fourth-order valence-electron chi connectivity index (χ4n) is 2.06. The largest absolute Gasteiger partial charge is 0.359 e. The summed E-state index contributed by atoms with van der Waals surface area (Å²) in [6.45, 7) is 1.95. The van der Waals surface area contributed by atoms with E-state index in [1.54, 1.807) is 7.05 Å². The Morgan fingerprint density at radius 2 is 1.88 bits per heavy atom. The van der Waals surface area contributed by atoms with Crippen molar-refractivity contribution in [2.45, 2.75) is 13.3 Å². The van der Waals surface area contributed by atoms with Crippen LogP contribution >= 0.6 is 0 Å². The molecule has 17 heavy (non-hydrogen) atoms. The average molecular weight is 227 g/mol. The Bertz CT molecular complexity index is 533. The van der Waals surface area contributed by atoms with E-state index in [0.29, 0.717) is 0 Å². The highest BCUT2D eigenvalue weighted by Crippen LogP contribution is 2.17. The van der Waals surface area contributed by atoms with E-state index in [1.165, 1.54) is 16.3 Å². The van der Waals surface area contributed by atoms with E-state index in [0.717, 1.165) is 6.42 Å². The van der Waals surface area contributed by atoms with Crippen molar-refractivity contribution in [3.63, 3.8) is 0 Å². The monoisotopic (exact) mass is 227 g/mol. The van der Waals surface area contributed by atoms with E-state index in [9.17, 15) is 4.79 Å². The van der Waals surface area contributed by atoms with Crippen molar-refractivity contribution in [2.24, 2.45) is 5.92 Å². The number of carbonyl (C=O) groups is 1. The van der Waals surface area contributed by atoms with Crippen LogP contribution in [0.3, 0.4) is 0 Å². The molecule has 2 aromatic carbocycles. The Labute approximate surface area is 102 Å². The molecule has 2 rings (SSSR count). The van der Waals surface area contributed by atoms with Crippen LogP contribution in [0.25, 0.3) is 10.8 Å². The molecule has 0 aliphatic heterocycles. The summed E-state index contributed by atoms with van der Waals surface area (Å²) in [4.78, 5) is 11.5. The van der Waals surface area contributed by atoms with E-state index < -0.39 is 0 Å². The van der Waals surface area contributed by atoms with E-state index in [1.807, 2.05) is 19.1 Å². The molecule has 0 heterocycles. The lowest BCUT2D eigenvalue weighted by molar-refractivity contribution is -0.123. The van der Waals surface area contributed by atoms with Crippen LogP contribution in [-0.2, 0) is 11.2 Å². The number of rotatable bonds is 3. The van der Waals surface area contributed by atoms with E-state index in [2.05, 4.69) is 35.6 Å². The van der Waals surface area contributed by atoms with Gasteiger partial charge in [0.2, 0.25) is 5.91 Å². The third kappa shape index (κ3) is 2.64. The lowest BCUT2D eigenvalue weighted by Gasteiger charge is -2.10. The molecule has 2 aromatic rings. The first-order valence-electron chi connectivity index (χ1n) is 5.90. The normalized spacial score (nSPS) is 12.4. The SMILES string of the molecule is CNC(=O)C(C)Cc1ccc2ccccc2c1. The Kier molecular flexibility index (Phi) is 3.43. The van der Waals surface area contributed by atoms with Crippen LogP contribution in [0.15, 0.2) is 42.5 Å². The molecule has 0 aromatic heterocycles. The van der Waals surface area contributed by atoms with Gasteiger partial charge in [-0.3, -0.25) is 4.79 Å². The first-order valence-corrected chi connectivity index (χ1v) is 5.90. The van der Waals surface area contributed by atoms with Gasteiger partial charge in [-0.15, -0.1) is 0 Å². The Hall–Kier alpha value is -1.83. The predicted molar refractivity (Wildman–Crippen MR) is 70.9 cm³/mol. The van der Waals surface area contributed by atoms with Crippen LogP contribution in [0, 0.1) is 5.92 Å². The molecule has 0 bridgehead atoms. The van der Waals surface area contributed by atoms with Gasteiger partial charge in [-0.2, -0.15) is 0 Å². The molecule has 0 radical (unpaired) electrons. The second kappa shape index (κ2) is 5.00. The smallest absolute Gasteiger partial charge is 0.222 e. The summed E-state index contributed by atoms with van der Waals surface area (Å²) >= 11 is 0. The number of amides is 1. The highest BCUT2D eigenvalue weighted by molar-refractivity contribution is 5.83. The van der Waals surface area contributed by atoms with Crippen LogP contribution in [0.1, 0.15) is 12.5 Å². The third-order valence-electron chi connectivity index (χ3n) is 3.05. The summed E-state index contributed by atoms with van der Waals surface area (Å²) in [6.07, 6.45) is 0.782. The molecule has 0 saturated heterocycles. The molecule has 1 N–H and O–H groups in total. The van der Waals surface area contributed by atoms with Crippen molar-refractivity contribution >= 4 is 16.7 Å². The third-order valence-corrected chi connectivity index (χ3v) is 3.05. The van der Waals surface area contributed by atoms with Gasteiger partial charge >= 0.3 is 0 Å². The van der Waals surface area contributed by atoms with Crippen LogP contribution in [0.5, 0.6) is 0 Å². The van der Waals surface area contributed by atoms with Gasteiger partial charge in [0.25, 0.3) is 0 Å². The first-order chi connectivity index (χ1) is 8.20. The second-order valence-corrected chi connectivity index (χ2v) is 4.40. The molecular formula is C15H17NO. The molecule has 1 unspecified atom stereocenters. The lowest BCUT2D eigenvalue weighted by Crippen LogP contribution is -2.26. The quantitative estimate of drug-likeness (QED) is 0.858. The zero-order valence-electron chi connectivity index (χ0n) is 10.2. The average Bonchev–Trinajstić information content (AvgIpc) is 2.37. The van der Waals surface area contributed by atoms with Crippen molar-refractivity contribution in [1.82, 2.24) is 5.32 Å². The molecule has 0 aliphatic rings. The van der Waals surface area contributed by atoms with Gasteiger partial charge < -0.3 is 5.32 Å². The Morgan fingerprint density at radius 3 is 2.59 bits per heavy atom. The van der Waals surface area contributed by atoms with E-state index in [-0.39, 0.29) is 11.8 Å². The number of hydrogen-bond acceptors (Lipinski definition) is 1. The van der Waals surface area contributed by atoms with Crippen molar-refractivity contribution in [2.75, 3.05) is 7.05 Å². The molecule has 0 aliphatic carbocycles. The number of nitrogens with one attached hydrogen (secondary N) is 1. The molecule has 2 nitrogen and oxygen atoms in total. The minimum atomic E-state index is 0.0150. The van der Waals surface area contributed by atoms with Crippen LogP contribution in [0.4, 0.5) is 0 Å². The molecule has 0 saturated carbocycles. The van der Waals surface area contributed by atoms with E-state index in [4.69, 9.17) is 0 Å². The van der Waals surface area contributed by atoms with Crippen LogP contribution in [0.2, 0.25) is 0 Å². The minimum absolute atomic E-state index is 0.0150. The molecule has 2 heteroatoms. The summed E-state index contributed by atoms with van der Waals surface area (Å²) in [5.41, 5.74) is 1.21. The number of hydrogen-bond donors (Lipinski definition) is 1. The van der Waals surface area contributed by atoms with Crippen LogP contribution < -0.4 is 5.32 Å². The van der Waals surface area contributed by atoms with Crippen molar-refractivity contribution in [3.8, 4) is 0 Å². The van der Waals surface area contributed by atoms with Gasteiger partial charge in [0.05, 0.1) is 0 Å². The van der Waals surface area contributed by atoms with Gasteiger partial charge in [-0.05, 0) is 22.8 Å². The summed E-state index contributed by atoms with van der Waals surface area (Å²) in [7, 11) is 1.68. The maximum Gasteiger partial charge on any atom is 0.222 e. The number of fused-ring (bicyclic) bond motifs is 1. The zero-order chi connectivity index (χ0) is 12.3. The zero-order valence-corrected chi connectivity index (χ0v) is 10.2. The minimum Gasteiger partial charge on any atom is -0.359 e. The fraction of sp³-hybridized carbons (Fsp3) is 0.267. The van der Waals surface area contributed by atoms with Gasteiger partial charge in [0.1, 0.15) is 0 Å².